The summed E-state index contributed by atoms with van der Waals surface area (Å²) in [5.41, 5.74) is 1.03. The molecule has 162 valence electrons. The zero-order valence-corrected chi connectivity index (χ0v) is 18.0. The van der Waals surface area contributed by atoms with Crippen molar-refractivity contribution in [1.82, 2.24) is 9.62 Å². The van der Waals surface area contributed by atoms with Gasteiger partial charge in [-0.2, -0.15) is 0 Å². The molecule has 2 aliphatic rings. The number of hydrogen-bond donors (Lipinski definition) is 3. The van der Waals surface area contributed by atoms with E-state index in [9.17, 15) is 9.90 Å². The Balaban J connectivity index is 1.59. The van der Waals surface area contributed by atoms with Crippen LogP contribution in [0.1, 0.15) is 25.8 Å². The predicted octanol–water partition coefficient (Wildman–Crippen LogP) is 2.25. The van der Waals surface area contributed by atoms with E-state index in [2.05, 4.69) is 32.0 Å². The molecule has 8 heteroatoms. The van der Waals surface area contributed by atoms with Gasteiger partial charge in [0.25, 0.3) is 0 Å². The molecule has 1 aromatic rings. The molecular formula is C21H32N2O5S. The number of amides is 1. The largest absolute Gasteiger partial charge is 0.443 e. The highest BCUT2D eigenvalue weighted by molar-refractivity contribution is 7.77. The van der Waals surface area contributed by atoms with Crippen molar-refractivity contribution < 1.29 is 24.1 Å². The van der Waals surface area contributed by atoms with E-state index in [1.54, 1.807) is 4.31 Å². The number of benzene rings is 1. The first-order chi connectivity index (χ1) is 13.9. The molecule has 1 amide bonds. The molecule has 2 N–H and O–H groups in total. The van der Waals surface area contributed by atoms with Crippen LogP contribution in [0.4, 0.5) is 4.79 Å². The normalized spacial score (nSPS) is 25.8. The third kappa shape index (κ3) is 6.58. The van der Waals surface area contributed by atoms with Gasteiger partial charge in [-0.3, -0.25) is 4.31 Å². The second-order valence-electron chi connectivity index (χ2n) is 8.24. The summed E-state index contributed by atoms with van der Waals surface area (Å²) in [6.07, 6.45) is -0.604. The van der Waals surface area contributed by atoms with Crippen molar-refractivity contribution >= 4 is 18.9 Å². The zero-order valence-electron chi connectivity index (χ0n) is 17.1. The molecule has 0 spiro atoms. The molecule has 0 unspecified atom stereocenters. The zero-order chi connectivity index (χ0) is 20.8. The van der Waals surface area contributed by atoms with E-state index in [-0.39, 0.29) is 18.3 Å². The van der Waals surface area contributed by atoms with Gasteiger partial charge < -0.3 is 24.6 Å². The summed E-state index contributed by atoms with van der Waals surface area (Å²) in [4.78, 5) is 12.6. The van der Waals surface area contributed by atoms with Crippen LogP contribution in [-0.2, 0) is 20.6 Å². The Morgan fingerprint density at radius 1 is 1.31 bits per heavy atom. The summed E-state index contributed by atoms with van der Waals surface area (Å²) < 4.78 is 18.4. The van der Waals surface area contributed by atoms with E-state index < -0.39 is 18.2 Å². The number of nitrogens with zero attached hydrogens (tertiary/aromatic N) is 1. The van der Waals surface area contributed by atoms with Crippen LogP contribution in [0.15, 0.2) is 30.3 Å². The quantitative estimate of drug-likeness (QED) is 0.528. The first kappa shape index (κ1) is 22.4. The Hall–Kier alpha value is -1.32. The number of carbonyl (C=O) groups is 1. The Labute approximate surface area is 178 Å². The molecule has 2 saturated heterocycles. The van der Waals surface area contributed by atoms with Gasteiger partial charge in [-0.1, -0.05) is 57.0 Å². The van der Waals surface area contributed by atoms with Gasteiger partial charge in [-0.15, -0.1) is 0 Å². The monoisotopic (exact) mass is 424 g/mol. The number of fused-ring (bicyclic) bond motifs is 1. The predicted molar refractivity (Wildman–Crippen MR) is 113 cm³/mol. The van der Waals surface area contributed by atoms with Gasteiger partial charge in [0, 0.05) is 13.1 Å². The average Bonchev–Trinajstić information content (AvgIpc) is 3.26. The first-order valence-electron chi connectivity index (χ1n) is 10.3. The lowest BCUT2D eigenvalue weighted by Crippen LogP contribution is -2.49. The Bertz CT molecular complexity index is 647. The van der Waals surface area contributed by atoms with E-state index in [4.69, 9.17) is 14.2 Å². The molecule has 0 aliphatic carbocycles. The Morgan fingerprint density at radius 2 is 2.07 bits per heavy atom. The van der Waals surface area contributed by atoms with Crippen molar-refractivity contribution in [3.63, 3.8) is 0 Å². The summed E-state index contributed by atoms with van der Waals surface area (Å²) in [5, 5.41) is 13.7. The number of rotatable bonds is 9. The minimum Gasteiger partial charge on any atom is -0.443 e. The summed E-state index contributed by atoms with van der Waals surface area (Å²) in [6.45, 7) is 6.23. The average molecular weight is 425 g/mol. The number of hydrogen-bond acceptors (Lipinski definition) is 7. The summed E-state index contributed by atoms with van der Waals surface area (Å²) >= 11 is 4.45. The van der Waals surface area contributed by atoms with E-state index in [1.807, 2.05) is 30.3 Å². The van der Waals surface area contributed by atoms with Gasteiger partial charge in [0.15, 0.2) is 6.29 Å². The lowest BCUT2D eigenvalue weighted by Gasteiger charge is -2.28. The molecular weight excluding hydrogens is 392 g/mol. The van der Waals surface area contributed by atoms with Gasteiger partial charge >= 0.3 is 6.09 Å². The van der Waals surface area contributed by atoms with Crippen LogP contribution < -0.4 is 5.32 Å². The lowest BCUT2D eigenvalue weighted by molar-refractivity contribution is -0.0907. The molecule has 2 fully saturated rings. The maximum Gasteiger partial charge on any atom is 0.407 e. The molecule has 0 bridgehead atoms. The van der Waals surface area contributed by atoms with Crippen LogP contribution in [0.5, 0.6) is 0 Å². The number of ether oxygens (including phenoxy) is 3. The van der Waals surface area contributed by atoms with Crippen LogP contribution in [0.3, 0.4) is 0 Å². The molecule has 0 aromatic heterocycles. The Kier molecular flexibility index (Phi) is 8.20. The van der Waals surface area contributed by atoms with Crippen molar-refractivity contribution in [1.29, 1.82) is 0 Å². The van der Waals surface area contributed by atoms with Crippen molar-refractivity contribution in [2.45, 2.75) is 51.2 Å². The second-order valence-corrected chi connectivity index (χ2v) is 8.81. The van der Waals surface area contributed by atoms with E-state index in [0.717, 1.165) is 18.5 Å². The van der Waals surface area contributed by atoms with E-state index in [1.165, 1.54) is 0 Å². The molecule has 5 atom stereocenters. The van der Waals surface area contributed by atoms with Crippen molar-refractivity contribution in [2.75, 3.05) is 26.3 Å². The summed E-state index contributed by atoms with van der Waals surface area (Å²) in [6, 6.07) is 9.28. The van der Waals surface area contributed by atoms with Crippen LogP contribution in [0.25, 0.3) is 0 Å². The molecule has 0 radical (unpaired) electrons. The summed E-state index contributed by atoms with van der Waals surface area (Å²) in [5.74, 6) is 0.506. The minimum atomic E-state index is -0.790. The number of thiol groups is 1. The molecule has 2 aliphatic heterocycles. The minimum absolute atomic E-state index is 0.0808. The fourth-order valence-electron chi connectivity index (χ4n) is 3.86. The number of carbonyl (C=O) groups excluding carboxylic acids is 1. The molecule has 29 heavy (non-hydrogen) atoms. The van der Waals surface area contributed by atoms with Gasteiger partial charge in [-0.25, -0.2) is 4.79 Å². The van der Waals surface area contributed by atoms with Crippen LogP contribution in [0, 0.1) is 11.8 Å². The van der Waals surface area contributed by atoms with Gasteiger partial charge in [-0.05, 0) is 24.3 Å². The highest BCUT2D eigenvalue weighted by Gasteiger charge is 2.44. The number of nitrogens with one attached hydrogen (secondary N) is 1. The highest BCUT2D eigenvalue weighted by atomic mass is 32.1. The van der Waals surface area contributed by atoms with Gasteiger partial charge in [0.2, 0.25) is 0 Å². The number of aliphatic hydroxyl groups excluding tert-OH is 1. The standard InChI is InChI=1S/C21H32N2O5S/c1-14(2)11-23(29)12-18(24)17(10-15-6-4-3-5-7-15)22-21(25)28-19-13-27-20-16(19)8-9-26-20/h3-7,14,16-20,24,29H,8-13H2,1-2H3,(H,22,25)/t16-,17-,18+,19-,20+/m0/s1. The van der Waals surface area contributed by atoms with Crippen LogP contribution >= 0.6 is 12.8 Å². The number of alkyl carbamates (subject to hydrolysis) is 1. The van der Waals surface area contributed by atoms with Crippen molar-refractivity contribution in [3.8, 4) is 0 Å². The molecule has 3 rings (SSSR count). The van der Waals surface area contributed by atoms with Crippen LogP contribution in [-0.4, -0.2) is 66.3 Å². The van der Waals surface area contributed by atoms with E-state index >= 15 is 0 Å². The van der Waals surface area contributed by atoms with Gasteiger partial charge in [0.05, 0.1) is 31.3 Å². The fourth-order valence-corrected chi connectivity index (χ4v) is 4.35. The SMILES string of the molecule is CC(C)CN(S)C[C@@H](O)[C@H](Cc1ccccc1)NC(=O)O[C@H]1CO[C@H]2OCC[C@H]21. The smallest absolute Gasteiger partial charge is 0.407 e. The van der Waals surface area contributed by atoms with Crippen molar-refractivity contribution in [3.05, 3.63) is 35.9 Å². The van der Waals surface area contributed by atoms with Gasteiger partial charge in [0.1, 0.15) is 6.10 Å². The molecule has 2 heterocycles. The second kappa shape index (κ2) is 10.6. The van der Waals surface area contributed by atoms with Crippen LogP contribution in [0.2, 0.25) is 0 Å². The summed E-state index contributed by atoms with van der Waals surface area (Å²) in [7, 11) is 0. The molecule has 7 nitrogen and oxygen atoms in total. The third-order valence-electron chi connectivity index (χ3n) is 5.28. The van der Waals surface area contributed by atoms with Crippen molar-refractivity contribution in [2.24, 2.45) is 11.8 Å². The lowest BCUT2D eigenvalue weighted by atomic mass is 10.0. The fraction of sp³-hybridized carbons (Fsp3) is 0.667. The Morgan fingerprint density at radius 3 is 2.79 bits per heavy atom. The maximum atomic E-state index is 12.6. The first-order valence-corrected chi connectivity index (χ1v) is 10.7. The number of aliphatic hydroxyl groups is 1. The highest BCUT2D eigenvalue weighted by Crippen LogP contribution is 2.33. The molecule has 1 aromatic carbocycles. The third-order valence-corrected chi connectivity index (χ3v) is 5.61. The van der Waals surface area contributed by atoms with E-state index in [0.29, 0.717) is 32.1 Å². The maximum absolute atomic E-state index is 12.6. The topological polar surface area (TPSA) is 80.3 Å². The molecule has 0 saturated carbocycles.